The van der Waals surface area contributed by atoms with Crippen LogP contribution < -0.4 is 10.6 Å². The van der Waals surface area contributed by atoms with Gasteiger partial charge in [0.15, 0.2) is 0 Å². The molecule has 1 heterocycles. The van der Waals surface area contributed by atoms with Crippen molar-refractivity contribution in [1.29, 1.82) is 0 Å². The minimum Gasteiger partial charge on any atom is -0.385 e. The lowest BCUT2D eigenvalue weighted by Crippen LogP contribution is -2.35. The summed E-state index contributed by atoms with van der Waals surface area (Å²) in [6, 6.07) is 4.20. The lowest BCUT2D eigenvalue weighted by molar-refractivity contribution is 0.304. The van der Waals surface area contributed by atoms with Crippen LogP contribution in [0.5, 0.6) is 0 Å². The highest BCUT2D eigenvalue weighted by molar-refractivity contribution is 5.43. The molecule has 3 nitrogen and oxygen atoms in total. The van der Waals surface area contributed by atoms with Gasteiger partial charge in [0.2, 0.25) is 0 Å². The molecular weight excluding hydrogens is 258 g/mol. The smallest absolute Gasteiger partial charge is 0.0562 e. The van der Waals surface area contributed by atoms with Gasteiger partial charge in [-0.3, -0.25) is 4.98 Å². The fraction of sp³-hybridized carbons (Fsp3) is 0.722. The van der Waals surface area contributed by atoms with Crippen molar-refractivity contribution < 1.29 is 0 Å². The van der Waals surface area contributed by atoms with Crippen LogP contribution in [0.25, 0.3) is 0 Å². The van der Waals surface area contributed by atoms with Crippen LogP contribution in [0.4, 0.5) is 5.69 Å². The summed E-state index contributed by atoms with van der Waals surface area (Å²) in [6.45, 7) is 17.5. The molecule has 0 aliphatic rings. The molecule has 21 heavy (non-hydrogen) atoms. The third kappa shape index (κ3) is 6.94. The molecule has 0 radical (unpaired) electrons. The first-order chi connectivity index (χ1) is 9.69. The molecule has 0 saturated carbocycles. The second-order valence-corrected chi connectivity index (χ2v) is 7.67. The van der Waals surface area contributed by atoms with Crippen molar-refractivity contribution in [1.82, 2.24) is 10.3 Å². The summed E-state index contributed by atoms with van der Waals surface area (Å²) in [7, 11) is 0. The second-order valence-electron chi connectivity index (χ2n) is 7.67. The van der Waals surface area contributed by atoms with Crippen molar-refractivity contribution >= 4 is 5.69 Å². The molecule has 0 fully saturated rings. The van der Waals surface area contributed by atoms with Crippen LogP contribution in [0.3, 0.4) is 0 Å². The summed E-state index contributed by atoms with van der Waals surface area (Å²) in [5.41, 5.74) is 2.37. The summed E-state index contributed by atoms with van der Waals surface area (Å²) in [5, 5.41) is 7.05. The Bertz CT molecular complexity index is 411. The van der Waals surface area contributed by atoms with Gasteiger partial charge in [0.1, 0.15) is 0 Å². The summed E-state index contributed by atoms with van der Waals surface area (Å²) < 4.78 is 0. The minimum absolute atomic E-state index is 0.117. The van der Waals surface area contributed by atoms with Crippen LogP contribution in [0.2, 0.25) is 0 Å². The number of nitrogens with zero attached hydrogens (tertiary/aromatic N) is 1. The highest BCUT2D eigenvalue weighted by Gasteiger charge is 2.17. The number of aromatic nitrogens is 1. The Morgan fingerprint density at radius 3 is 2.24 bits per heavy atom. The molecule has 0 saturated heterocycles. The van der Waals surface area contributed by atoms with Gasteiger partial charge in [-0.1, -0.05) is 27.7 Å². The fourth-order valence-electron chi connectivity index (χ4n) is 2.52. The molecule has 0 atom stereocenters. The monoisotopic (exact) mass is 291 g/mol. The van der Waals surface area contributed by atoms with Gasteiger partial charge in [-0.15, -0.1) is 0 Å². The maximum atomic E-state index is 4.44. The van der Waals surface area contributed by atoms with Crippen LogP contribution >= 0.6 is 0 Å². The maximum absolute atomic E-state index is 4.44. The standard InChI is InChI=1S/C18H33N3/c1-13(2)17(14(3)4)12-20-15-8-9-19-16(10-15)11-21-18(5,6)7/h8-10,13-14,17,21H,11-12H2,1-7H3,(H,19,20). The lowest BCUT2D eigenvalue weighted by atomic mass is 9.85. The van der Waals surface area contributed by atoms with Crippen LogP contribution in [0.1, 0.15) is 54.2 Å². The van der Waals surface area contributed by atoms with E-state index in [-0.39, 0.29) is 5.54 Å². The Morgan fingerprint density at radius 2 is 1.71 bits per heavy atom. The van der Waals surface area contributed by atoms with E-state index in [1.807, 2.05) is 6.20 Å². The Labute approximate surface area is 130 Å². The van der Waals surface area contributed by atoms with E-state index in [0.29, 0.717) is 17.8 Å². The van der Waals surface area contributed by atoms with Crippen molar-refractivity contribution in [3.8, 4) is 0 Å². The van der Waals surface area contributed by atoms with E-state index in [1.165, 1.54) is 5.69 Å². The fourth-order valence-corrected chi connectivity index (χ4v) is 2.52. The Kier molecular flexibility index (Phi) is 6.66. The number of hydrogen-bond acceptors (Lipinski definition) is 3. The predicted octanol–water partition coefficient (Wildman–Crippen LogP) is 4.31. The average molecular weight is 291 g/mol. The lowest BCUT2D eigenvalue weighted by Gasteiger charge is -2.25. The van der Waals surface area contributed by atoms with Crippen LogP contribution in [0.15, 0.2) is 18.3 Å². The quantitative estimate of drug-likeness (QED) is 0.786. The zero-order valence-corrected chi connectivity index (χ0v) is 14.8. The first-order valence-electron chi connectivity index (χ1n) is 8.13. The molecule has 2 N–H and O–H groups in total. The Hall–Kier alpha value is -1.09. The number of anilines is 1. The summed E-state index contributed by atoms with van der Waals surface area (Å²) in [6.07, 6.45) is 1.89. The third-order valence-electron chi connectivity index (χ3n) is 3.87. The average Bonchev–Trinajstić information content (AvgIpc) is 2.35. The van der Waals surface area contributed by atoms with E-state index in [9.17, 15) is 0 Å². The molecule has 0 aromatic carbocycles. The van der Waals surface area contributed by atoms with E-state index in [2.05, 4.69) is 76.2 Å². The van der Waals surface area contributed by atoms with Crippen LogP contribution in [0, 0.1) is 17.8 Å². The van der Waals surface area contributed by atoms with Crippen molar-refractivity contribution in [3.05, 3.63) is 24.0 Å². The zero-order valence-electron chi connectivity index (χ0n) is 14.8. The molecule has 0 aliphatic heterocycles. The normalized spacial score (nSPS) is 12.5. The molecule has 1 aromatic heterocycles. The van der Waals surface area contributed by atoms with E-state index in [1.54, 1.807) is 0 Å². The highest BCUT2D eigenvalue weighted by Crippen LogP contribution is 2.21. The third-order valence-corrected chi connectivity index (χ3v) is 3.87. The SMILES string of the molecule is CC(C)C(CNc1ccnc(CNC(C)(C)C)c1)C(C)C. The molecule has 0 bridgehead atoms. The first-order valence-corrected chi connectivity index (χ1v) is 8.13. The summed E-state index contributed by atoms with van der Waals surface area (Å²) in [5.74, 6) is 2.08. The number of pyridine rings is 1. The molecule has 0 spiro atoms. The number of rotatable bonds is 7. The molecule has 0 aliphatic carbocycles. The first kappa shape index (κ1) is 18.0. The van der Waals surface area contributed by atoms with Gasteiger partial charge in [-0.25, -0.2) is 0 Å². The van der Waals surface area contributed by atoms with Crippen LogP contribution in [-0.4, -0.2) is 17.1 Å². The Balaban J connectivity index is 2.60. The van der Waals surface area contributed by atoms with Gasteiger partial charge < -0.3 is 10.6 Å². The van der Waals surface area contributed by atoms with Crippen molar-refractivity contribution in [2.75, 3.05) is 11.9 Å². The van der Waals surface area contributed by atoms with E-state index >= 15 is 0 Å². The zero-order chi connectivity index (χ0) is 16.0. The van der Waals surface area contributed by atoms with Gasteiger partial charge in [-0.05, 0) is 50.7 Å². The summed E-state index contributed by atoms with van der Waals surface area (Å²) >= 11 is 0. The largest absolute Gasteiger partial charge is 0.385 e. The van der Waals surface area contributed by atoms with Gasteiger partial charge in [0.25, 0.3) is 0 Å². The molecule has 1 aromatic rings. The maximum Gasteiger partial charge on any atom is 0.0562 e. The van der Waals surface area contributed by atoms with Gasteiger partial charge in [0.05, 0.1) is 5.69 Å². The Morgan fingerprint density at radius 1 is 1.10 bits per heavy atom. The topological polar surface area (TPSA) is 37.0 Å². The van der Waals surface area contributed by atoms with Gasteiger partial charge in [-0.2, -0.15) is 0 Å². The molecular formula is C18H33N3. The van der Waals surface area contributed by atoms with E-state index < -0.39 is 0 Å². The molecule has 1 rings (SSSR count). The van der Waals surface area contributed by atoms with Crippen molar-refractivity contribution in [3.63, 3.8) is 0 Å². The van der Waals surface area contributed by atoms with E-state index in [4.69, 9.17) is 0 Å². The predicted molar refractivity (Wildman–Crippen MR) is 92.5 cm³/mol. The molecule has 0 unspecified atom stereocenters. The van der Waals surface area contributed by atoms with Crippen molar-refractivity contribution in [2.45, 2.75) is 60.5 Å². The highest BCUT2D eigenvalue weighted by atomic mass is 15.0. The van der Waals surface area contributed by atoms with E-state index in [0.717, 1.165) is 18.8 Å². The number of nitrogens with one attached hydrogen (secondary N) is 2. The van der Waals surface area contributed by atoms with Gasteiger partial charge in [0, 0.05) is 30.5 Å². The molecule has 120 valence electrons. The summed E-state index contributed by atoms with van der Waals surface area (Å²) in [4.78, 5) is 4.44. The molecule has 0 amide bonds. The number of hydrogen-bond donors (Lipinski definition) is 2. The van der Waals surface area contributed by atoms with Gasteiger partial charge >= 0.3 is 0 Å². The molecule has 3 heteroatoms. The minimum atomic E-state index is 0.117. The van der Waals surface area contributed by atoms with Crippen LogP contribution in [-0.2, 0) is 6.54 Å². The van der Waals surface area contributed by atoms with Crippen molar-refractivity contribution in [2.24, 2.45) is 17.8 Å². The second kappa shape index (κ2) is 7.79.